The highest BCUT2D eigenvalue weighted by Gasteiger charge is 2.43. The highest BCUT2D eigenvalue weighted by molar-refractivity contribution is 4.93. The number of nitrogens with zero attached hydrogens (tertiary/aromatic N) is 2. The topological polar surface area (TPSA) is 56.5 Å². The Kier molecular flexibility index (Phi) is 4.59. The van der Waals surface area contributed by atoms with E-state index >= 15 is 0 Å². The Morgan fingerprint density at radius 3 is 2.61 bits per heavy atom. The molecule has 2 atom stereocenters. The van der Waals surface area contributed by atoms with Gasteiger partial charge in [0.2, 0.25) is 0 Å². The molecule has 0 aliphatic carbocycles. The summed E-state index contributed by atoms with van der Waals surface area (Å²) >= 11 is 0. The van der Waals surface area contributed by atoms with Gasteiger partial charge < -0.3 is 9.84 Å². The Balaban J connectivity index is 2.69. The molecule has 2 unspecified atom stereocenters. The molecule has 0 aromatic rings. The molecule has 104 valence electrons. The molecule has 0 saturated carbocycles. The van der Waals surface area contributed by atoms with Gasteiger partial charge in [-0.25, -0.2) is 0 Å². The summed E-state index contributed by atoms with van der Waals surface area (Å²) in [6.07, 6.45) is -5.03. The van der Waals surface area contributed by atoms with Crippen LogP contribution in [0.2, 0.25) is 0 Å². The van der Waals surface area contributed by atoms with Gasteiger partial charge in [-0.05, 0) is 13.8 Å². The van der Waals surface area contributed by atoms with E-state index in [2.05, 4.69) is 0 Å². The number of aliphatic hydroxyl groups is 1. The molecule has 7 heteroatoms. The van der Waals surface area contributed by atoms with Crippen molar-refractivity contribution in [3.63, 3.8) is 0 Å². The van der Waals surface area contributed by atoms with Gasteiger partial charge in [0.25, 0.3) is 0 Å². The summed E-state index contributed by atoms with van der Waals surface area (Å²) in [5.41, 5.74) is -0.628. The molecule has 4 nitrogen and oxygen atoms in total. The fraction of sp³-hybridized carbons (Fsp3) is 0.909. The van der Waals surface area contributed by atoms with Crippen LogP contribution in [-0.4, -0.2) is 54.1 Å². The molecule has 1 rings (SSSR count). The molecule has 0 aromatic carbocycles. The lowest BCUT2D eigenvalue weighted by Gasteiger charge is -2.42. The van der Waals surface area contributed by atoms with E-state index in [-0.39, 0.29) is 19.7 Å². The molecule has 18 heavy (non-hydrogen) atoms. The van der Waals surface area contributed by atoms with Crippen LogP contribution in [0.4, 0.5) is 13.2 Å². The van der Waals surface area contributed by atoms with Crippen LogP contribution in [-0.2, 0) is 4.74 Å². The zero-order chi connectivity index (χ0) is 14.0. The normalized spacial score (nSPS) is 26.6. The maximum atomic E-state index is 12.5. The highest BCUT2D eigenvalue weighted by Crippen LogP contribution is 2.28. The second-order valence-corrected chi connectivity index (χ2v) is 5.10. The average molecular weight is 266 g/mol. The third-order valence-electron chi connectivity index (χ3n) is 2.75. The number of rotatable bonds is 3. The SMILES string of the molecule is CC1(C)CN(CC(C#N)C(F)(F)F)CC(CO)O1. The second kappa shape index (κ2) is 5.43. The first kappa shape index (κ1) is 15.2. The van der Waals surface area contributed by atoms with E-state index < -0.39 is 23.8 Å². The standard InChI is InChI=1S/C11H17F3N2O2/c1-10(2)7-16(5-9(6-17)18-10)4-8(3-15)11(12,13)14/h8-9,17H,4-7H2,1-2H3. The number of morpholine rings is 1. The molecule has 0 spiro atoms. The zero-order valence-corrected chi connectivity index (χ0v) is 10.4. The summed E-state index contributed by atoms with van der Waals surface area (Å²) < 4.78 is 43.0. The lowest BCUT2D eigenvalue weighted by molar-refractivity contribution is -0.182. The highest BCUT2D eigenvalue weighted by atomic mass is 19.4. The quantitative estimate of drug-likeness (QED) is 0.833. The monoisotopic (exact) mass is 266 g/mol. The smallest absolute Gasteiger partial charge is 0.394 e. The van der Waals surface area contributed by atoms with E-state index in [1.54, 1.807) is 13.8 Å². The zero-order valence-electron chi connectivity index (χ0n) is 10.4. The first-order chi connectivity index (χ1) is 8.18. The van der Waals surface area contributed by atoms with Crippen molar-refractivity contribution < 1.29 is 23.0 Å². The van der Waals surface area contributed by atoms with Crippen molar-refractivity contribution in [1.82, 2.24) is 4.90 Å². The summed E-state index contributed by atoms with van der Waals surface area (Å²) in [5, 5.41) is 17.6. The molecule has 1 N–H and O–H groups in total. The predicted molar refractivity (Wildman–Crippen MR) is 57.6 cm³/mol. The van der Waals surface area contributed by atoms with E-state index in [9.17, 15) is 13.2 Å². The first-order valence-electron chi connectivity index (χ1n) is 5.65. The van der Waals surface area contributed by atoms with Crippen molar-refractivity contribution in [3.8, 4) is 6.07 Å². The lowest BCUT2D eigenvalue weighted by atomic mass is 10.0. The van der Waals surface area contributed by atoms with Crippen LogP contribution in [0.1, 0.15) is 13.8 Å². The van der Waals surface area contributed by atoms with Crippen LogP contribution < -0.4 is 0 Å². The lowest BCUT2D eigenvalue weighted by Crippen LogP contribution is -2.55. The van der Waals surface area contributed by atoms with Gasteiger partial charge in [-0.2, -0.15) is 18.4 Å². The minimum absolute atomic E-state index is 0.203. The molecule has 1 heterocycles. The summed E-state index contributed by atoms with van der Waals surface area (Å²) in [6, 6.07) is 1.28. The molecule has 1 aliphatic heterocycles. The van der Waals surface area contributed by atoms with Gasteiger partial charge in [0.1, 0.15) is 0 Å². The Morgan fingerprint density at radius 2 is 2.17 bits per heavy atom. The molecule has 1 aliphatic rings. The summed E-state index contributed by atoms with van der Waals surface area (Å²) in [4.78, 5) is 1.52. The van der Waals surface area contributed by atoms with Crippen molar-refractivity contribution in [1.29, 1.82) is 5.26 Å². The maximum Gasteiger partial charge on any atom is 0.405 e. The van der Waals surface area contributed by atoms with Crippen LogP contribution >= 0.6 is 0 Å². The number of alkyl halides is 3. The molecular formula is C11H17F3N2O2. The molecule has 1 fully saturated rings. The number of halogens is 3. The Morgan fingerprint density at radius 1 is 1.56 bits per heavy atom. The summed E-state index contributed by atoms with van der Waals surface area (Å²) in [7, 11) is 0. The molecule has 0 aromatic heterocycles. The van der Waals surface area contributed by atoms with Crippen molar-refractivity contribution in [2.75, 3.05) is 26.2 Å². The fourth-order valence-electron chi connectivity index (χ4n) is 2.13. The van der Waals surface area contributed by atoms with Crippen LogP contribution in [0, 0.1) is 17.2 Å². The molecule has 0 bridgehead atoms. The summed E-state index contributed by atoms with van der Waals surface area (Å²) in [6.45, 7) is 3.37. The van der Waals surface area contributed by atoms with Gasteiger partial charge >= 0.3 is 6.18 Å². The number of aliphatic hydroxyl groups excluding tert-OH is 1. The predicted octanol–water partition coefficient (Wildman–Crippen LogP) is 1.16. The third kappa shape index (κ3) is 4.12. The molecule has 0 amide bonds. The minimum Gasteiger partial charge on any atom is -0.394 e. The van der Waals surface area contributed by atoms with Crippen molar-refractivity contribution >= 4 is 0 Å². The van der Waals surface area contributed by atoms with E-state index in [1.807, 2.05) is 0 Å². The molecule has 0 radical (unpaired) electrons. The second-order valence-electron chi connectivity index (χ2n) is 5.10. The number of nitriles is 1. The van der Waals surface area contributed by atoms with Gasteiger partial charge in [0.05, 0.1) is 24.4 Å². The van der Waals surface area contributed by atoms with Gasteiger partial charge in [0, 0.05) is 19.6 Å². The van der Waals surface area contributed by atoms with Crippen molar-refractivity contribution in [2.45, 2.75) is 31.7 Å². The van der Waals surface area contributed by atoms with Gasteiger partial charge in [-0.15, -0.1) is 0 Å². The average Bonchev–Trinajstić information content (AvgIpc) is 2.22. The number of hydrogen-bond donors (Lipinski definition) is 1. The Bertz CT molecular complexity index is 325. The van der Waals surface area contributed by atoms with Crippen LogP contribution in [0.3, 0.4) is 0 Å². The number of ether oxygens (including phenoxy) is 1. The van der Waals surface area contributed by atoms with Crippen LogP contribution in [0.25, 0.3) is 0 Å². The van der Waals surface area contributed by atoms with E-state index in [0.717, 1.165) is 0 Å². The Hall–Kier alpha value is -0.840. The van der Waals surface area contributed by atoms with Crippen molar-refractivity contribution in [3.05, 3.63) is 0 Å². The third-order valence-corrected chi connectivity index (χ3v) is 2.75. The van der Waals surface area contributed by atoms with E-state index in [0.29, 0.717) is 6.54 Å². The number of hydrogen-bond acceptors (Lipinski definition) is 4. The maximum absolute atomic E-state index is 12.5. The largest absolute Gasteiger partial charge is 0.405 e. The van der Waals surface area contributed by atoms with E-state index in [4.69, 9.17) is 15.1 Å². The van der Waals surface area contributed by atoms with E-state index in [1.165, 1.54) is 11.0 Å². The van der Waals surface area contributed by atoms with Gasteiger partial charge in [-0.3, -0.25) is 4.90 Å². The van der Waals surface area contributed by atoms with Gasteiger partial charge in [0.15, 0.2) is 5.92 Å². The Labute approximate surface area is 104 Å². The first-order valence-corrected chi connectivity index (χ1v) is 5.65. The van der Waals surface area contributed by atoms with Gasteiger partial charge in [-0.1, -0.05) is 0 Å². The summed E-state index contributed by atoms with van der Waals surface area (Å²) in [5.74, 6) is -2.01. The molecule has 1 saturated heterocycles. The van der Waals surface area contributed by atoms with Crippen LogP contribution in [0.15, 0.2) is 0 Å². The minimum atomic E-state index is -4.52. The van der Waals surface area contributed by atoms with Crippen LogP contribution in [0.5, 0.6) is 0 Å². The van der Waals surface area contributed by atoms with Crippen molar-refractivity contribution in [2.24, 2.45) is 5.92 Å². The molecular weight excluding hydrogens is 249 g/mol. The fourth-order valence-corrected chi connectivity index (χ4v) is 2.13.